The predicted molar refractivity (Wildman–Crippen MR) is 134 cm³/mol. The Hall–Kier alpha value is -4.93. The molecule has 0 unspecified atom stereocenters. The van der Waals surface area contributed by atoms with E-state index < -0.39 is 11.7 Å². The molecular formula is C26H19F3N8. The van der Waals surface area contributed by atoms with Crippen molar-refractivity contribution in [2.45, 2.75) is 12.7 Å². The topological polar surface area (TPSA) is 85.0 Å². The van der Waals surface area contributed by atoms with Gasteiger partial charge in [0.2, 0.25) is 11.6 Å². The average molecular weight is 500 g/mol. The first-order valence-electron chi connectivity index (χ1n) is 11.3. The fraction of sp³-hybridized carbons (Fsp3) is 0.0769. The van der Waals surface area contributed by atoms with E-state index in [4.69, 9.17) is 0 Å². The number of fused-ring (bicyclic) bond motifs is 2. The summed E-state index contributed by atoms with van der Waals surface area (Å²) < 4.78 is 42.7. The van der Waals surface area contributed by atoms with Crippen LogP contribution >= 0.6 is 0 Å². The lowest BCUT2D eigenvalue weighted by Crippen LogP contribution is -2.05. The van der Waals surface area contributed by atoms with E-state index in [0.29, 0.717) is 18.1 Å². The molecule has 0 bridgehead atoms. The lowest BCUT2D eigenvalue weighted by molar-refractivity contribution is -0.137. The van der Waals surface area contributed by atoms with Gasteiger partial charge in [-0.3, -0.25) is 4.68 Å². The zero-order chi connectivity index (χ0) is 25.4. The van der Waals surface area contributed by atoms with Crippen LogP contribution in [0.1, 0.15) is 11.1 Å². The molecule has 0 atom stereocenters. The Morgan fingerprint density at radius 3 is 2.54 bits per heavy atom. The molecule has 3 aromatic carbocycles. The monoisotopic (exact) mass is 500 g/mol. The van der Waals surface area contributed by atoms with Crippen molar-refractivity contribution in [3.8, 4) is 0 Å². The number of hydrogen-bond donors (Lipinski definition) is 2. The maximum atomic E-state index is 13.1. The summed E-state index contributed by atoms with van der Waals surface area (Å²) in [4.78, 5) is 8.75. The van der Waals surface area contributed by atoms with E-state index in [1.807, 2.05) is 47.3 Å². The lowest BCUT2D eigenvalue weighted by atomic mass is 10.2. The zero-order valence-corrected chi connectivity index (χ0v) is 19.2. The third-order valence-electron chi connectivity index (χ3n) is 5.78. The number of halogens is 3. The normalized spacial score (nSPS) is 11.8. The highest BCUT2D eigenvalue weighted by Gasteiger charge is 2.30. The van der Waals surface area contributed by atoms with Crippen LogP contribution in [0.15, 0.2) is 91.4 Å². The first kappa shape index (κ1) is 22.5. The second kappa shape index (κ2) is 8.94. The quantitative estimate of drug-likeness (QED) is 0.291. The van der Waals surface area contributed by atoms with Gasteiger partial charge >= 0.3 is 6.18 Å². The highest BCUT2D eigenvalue weighted by molar-refractivity contribution is 5.83. The Kier molecular flexibility index (Phi) is 5.44. The van der Waals surface area contributed by atoms with Crippen LogP contribution < -0.4 is 10.6 Å². The minimum atomic E-state index is -4.44. The summed E-state index contributed by atoms with van der Waals surface area (Å²) in [6, 6.07) is 20.8. The number of nitrogens with zero attached hydrogens (tertiary/aromatic N) is 6. The van der Waals surface area contributed by atoms with Gasteiger partial charge in [-0.1, -0.05) is 36.4 Å². The Morgan fingerprint density at radius 1 is 0.865 bits per heavy atom. The summed E-state index contributed by atoms with van der Waals surface area (Å²) in [7, 11) is 0. The molecule has 6 aromatic rings. The third-order valence-corrected chi connectivity index (χ3v) is 5.78. The molecular weight excluding hydrogens is 481 g/mol. The van der Waals surface area contributed by atoms with Crippen LogP contribution in [-0.4, -0.2) is 29.4 Å². The van der Waals surface area contributed by atoms with Crippen molar-refractivity contribution < 1.29 is 13.2 Å². The van der Waals surface area contributed by atoms with Crippen molar-refractivity contribution in [3.63, 3.8) is 0 Å². The molecule has 0 aliphatic carbocycles. The summed E-state index contributed by atoms with van der Waals surface area (Å²) in [5.41, 5.74) is 2.70. The highest BCUT2D eigenvalue weighted by atomic mass is 19.4. The van der Waals surface area contributed by atoms with Crippen LogP contribution in [-0.2, 0) is 12.7 Å². The molecule has 8 nitrogen and oxygen atoms in total. The van der Waals surface area contributed by atoms with Crippen molar-refractivity contribution in [1.29, 1.82) is 0 Å². The van der Waals surface area contributed by atoms with E-state index in [0.717, 1.165) is 34.3 Å². The maximum absolute atomic E-state index is 13.1. The molecule has 184 valence electrons. The molecule has 6 rings (SSSR count). The first-order valence-corrected chi connectivity index (χ1v) is 11.3. The van der Waals surface area contributed by atoms with Crippen molar-refractivity contribution in [2.24, 2.45) is 0 Å². The number of nitrogens with one attached hydrogen (secondary N) is 2. The summed E-state index contributed by atoms with van der Waals surface area (Å²) in [5.74, 6) is 0.590. The molecule has 3 aromatic heterocycles. The van der Waals surface area contributed by atoms with Crippen molar-refractivity contribution in [2.75, 3.05) is 10.6 Å². The van der Waals surface area contributed by atoms with Crippen molar-refractivity contribution >= 4 is 39.7 Å². The SMILES string of the molecule is FC(F)(F)c1cccc(Nc2nccn3nc(Nc4ccc5cnn(Cc6ccccc6)c5c4)nc23)c1. The second-order valence-corrected chi connectivity index (χ2v) is 8.37. The molecule has 11 heteroatoms. The summed E-state index contributed by atoms with van der Waals surface area (Å²) in [5, 5.41) is 16.1. The number of hydrogen-bond acceptors (Lipinski definition) is 6. The summed E-state index contributed by atoms with van der Waals surface area (Å²) in [6.45, 7) is 0.636. The van der Waals surface area contributed by atoms with E-state index in [1.165, 1.54) is 22.8 Å². The fourth-order valence-corrected chi connectivity index (χ4v) is 4.03. The van der Waals surface area contributed by atoms with E-state index in [1.54, 1.807) is 6.20 Å². The van der Waals surface area contributed by atoms with Gasteiger partial charge in [0, 0.05) is 29.2 Å². The van der Waals surface area contributed by atoms with E-state index in [9.17, 15) is 13.2 Å². The van der Waals surface area contributed by atoms with Gasteiger partial charge in [0.15, 0.2) is 5.82 Å². The average Bonchev–Trinajstić information content (AvgIpc) is 3.48. The second-order valence-electron chi connectivity index (χ2n) is 8.37. The van der Waals surface area contributed by atoms with Crippen molar-refractivity contribution in [3.05, 3.63) is 103 Å². The van der Waals surface area contributed by atoms with Crippen LogP contribution in [0.5, 0.6) is 0 Å². The zero-order valence-electron chi connectivity index (χ0n) is 19.2. The van der Waals surface area contributed by atoms with Gasteiger partial charge in [0.05, 0.1) is 23.8 Å². The van der Waals surface area contributed by atoms with Gasteiger partial charge in [0.1, 0.15) is 0 Å². The Labute approximate surface area is 208 Å². The predicted octanol–water partition coefficient (Wildman–Crippen LogP) is 6.03. The van der Waals surface area contributed by atoms with Gasteiger partial charge in [-0.2, -0.15) is 23.3 Å². The molecule has 0 saturated heterocycles. The number of rotatable bonds is 6. The summed E-state index contributed by atoms with van der Waals surface area (Å²) >= 11 is 0. The number of benzene rings is 3. The third kappa shape index (κ3) is 4.66. The Balaban J connectivity index is 1.27. The number of anilines is 4. The molecule has 0 aliphatic heterocycles. The standard InChI is InChI=1S/C26H19F3N8/c27-26(28,29)19-7-4-8-20(13-19)32-23-24-34-25(35-36(24)12-11-30-23)33-21-10-9-18-15-31-37(22(18)14-21)16-17-5-2-1-3-6-17/h1-15H,16H2,(H,30,32)(H,33,35). The van der Waals surface area contributed by atoms with Crippen LogP contribution in [0.3, 0.4) is 0 Å². The maximum Gasteiger partial charge on any atom is 0.416 e. The Morgan fingerprint density at radius 2 is 1.70 bits per heavy atom. The molecule has 0 saturated carbocycles. The molecule has 2 N–H and O–H groups in total. The molecule has 0 amide bonds. The molecule has 3 heterocycles. The molecule has 0 radical (unpaired) electrons. The summed E-state index contributed by atoms with van der Waals surface area (Å²) in [6.07, 6.45) is 0.488. The van der Waals surface area contributed by atoms with Gasteiger partial charge in [-0.05, 0) is 42.0 Å². The number of aromatic nitrogens is 6. The molecule has 0 fully saturated rings. The van der Waals surface area contributed by atoms with E-state index in [-0.39, 0.29) is 11.5 Å². The minimum Gasteiger partial charge on any atom is -0.337 e. The van der Waals surface area contributed by atoms with Gasteiger partial charge in [-0.25, -0.2) is 9.50 Å². The highest BCUT2D eigenvalue weighted by Crippen LogP contribution is 2.31. The molecule has 0 spiro atoms. The van der Waals surface area contributed by atoms with Crippen LogP contribution in [0.4, 0.5) is 36.3 Å². The smallest absolute Gasteiger partial charge is 0.337 e. The lowest BCUT2D eigenvalue weighted by Gasteiger charge is -2.10. The molecule has 0 aliphatic rings. The molecule has 37 heavy (non-hydrogen) atoms. The fourth-order valence-electron chi connectivity index (χ4n) is 4.03. The number of alkyl halides is 3. The first-order chi connectivity index (χ1) is 17.9. The van der Waals surface area contributed by atoms with Gasteiger partial charge in [0.25, 0.3) is 0 Å². The largest absolute Gasteiger partial charge is 0.416 e. The van der Waals surface area contributed by atoms with E-state index in [2.05, 4.69) is 42.9 Å². The van der Waals surface area contributed by atoms with Gasteiger partial charge in [-0.15, -0.1) is 5.10 Å². The van der Waals surface area contributed by atoms with Crippen molar-refractivity contribution in [1.82, 2.24) is 29.4 Å². The minimum absolute atomic E-state index is 0.241. The van der Waals surface area contributed by atoms with E-state index >= 15 is 0 Å². The van der Waals surface area contributed by atoms with Crippen LogP contribution in [0, 0.1) is 0 Å². The van der Waals surface area contributed by atoms with Crippen LogP contribution in [0.2, 0.25) is 0 Å². The Bertz CT molecular complexity index is 1710. The van der Waals surface area contributed by atoms with Gasteiger partial charge < -0.3 is 10.6 Å². The van der Waals surface area contributed by atoms with Crippen LogP contribution in [0.25, 0.3) is 16.6 Å².